The van der Waals surface area contributed by atoms with Gasteiger partial charge in [0.25, 0.3) is 0 Å². The monoisotopic (exact) mass is 699 g/mol. The molecule has 0 aliphatic rings. The number of hydrogen-bond acceptors (Lipinski definition) is 1. The zero-order chi connectivity index (χ0) is 36.6. The van der Waals surface area contributed by atoms with E-state index in [-0.39, 0.29) is 0 Å². The lowest BCUT2D eigenvalue weighted by molar-refractivity contribution is 1.16. The van der Waals surface area contributed by atoms with Gasteiger partial charge in [-0.05, 0) is 89.3 Å². The molecule has 0 spiro atoms. The van der Waals surface area contributed by atoms with Crippen LogP contribution in [0.3, 0.4) is 0 Å². The molecule has 55 heavy (non-hydrogen) atoms. The zero-order valence-corrected chi connectivity index (χ0v) is 29.5. The molecule has 0 bridgehead atoms. The van der Waals surface area contributed by atoms with Crippen LogP contribution in [0.1, 0.15) is 5.56 Å². The van der Waals surface area contributed by atoms with Gasteiger partial charge in [-0.3, -0.25) is 0 Å². The van der Waals surface area contributed by atoms with Gasteiger partial charge >= 0.3 is 0 Å². The van der Waals surface area contributed by atoms with Crippen molar-refractivity contribution in [2.24, 2.45) is 0 Å². The largest absolute Gasteiger partial charge is 0.311 e. The summed E-state index contributed by atoms with van der Waals surface area (Å²) in [4.78, 5) is 3.85. The average Bonchev–Trinajstić information content (AvgIpc) is 3.89. The average molecular weight is 700 g/mol. The van der Waals surface area contributed by atoms with Gasteiger partial charge in [-0.15, -0.1) is 0 Å². The predicted molar refractivity (Wildman–Crippen MR) is 226 cm³/mol. The van der Waals surface area contributed by atoms with E-state index in [9.17, 15) is 5.26 Å². The van der Waals surface area contributed by atoms with E-state index in [0.29, 0.717) is 11.3 Å². The Morgan fingerprint density at radius 1 is 0.418 bits per heavy atom. The van der Waals surface area contributed by atoms with Crippen LogP contribution in [0.25, 0.3) is 98.5 Å². The van der Waals surface area contributed by atoms with Crippen LogP contribution in [0, 0.1) is 17.9 Å². The first-order chi connectivity index (χ1) is 27.2. The number of fused-ring (bicyclic) bond motifs is 9. The SMILES string of the molecule is [C-]#[N+]c1cccc2c1c1ccccc1n2-c1cccc(-c2ccc(-n3c4ccccc4c4cc(-n5c6ccccc6c6ccccc65)ccc43)c(C#N)c2)c1. The van der Waals surface area contributed by atoms with Crippen LogP contribution in [0.2, 0.25) is 0 Å². The Morgan fingerprint density at radius 3 is 1.64 bits per heavy atom. The minimum atomic E-state index is 0.593. The fourth-order valence-electron chi connectivity index (χ4n) is 8.76. The van der Waals surface area contributed by atoms with Crippen molar-refractivity contribution < 1.29 is 0 Å². The smallest absolute Gasteiger partial charge is 0.197 e. The molecule has 0 unspecified atom stereocenters. The highest BCUT2D eigenvalue weighted by Gasteiger charge is 2.19. The maximum Gasteiger partial charge on any atom is 0.197 e. The van der Waals surface area contributed by atoms with Gasteiger partial charge in [-0.25, -0.2) is 4.85 Å². The van der Waals surface area contributed by atoms with E-state index in [1.54, 1.807) is 0 Å². The Morgan fingerprint density at radius 2 is 0.945 bits per heavy atom. The molecule has 0 aliphatic heterocycles. The molecule has 5 heteroatoms. The Hall–Kier alpha value is -7.86. The highest BCUT2D eigenvalue weighted by atomic mass is 15.0. The van der Waals surface area contributed by atoms with E-state index in [1.807, 2.05) is 30.3 Å². The lowest BCUT2D eigenvalue weighted by Gasteiger charge is -2.14. The molecule has 0 atom stereocenters. The van der Waals surface area contributed by atoms with Crippen molar-refractivity contribution >= 4 is 71.1 Å². The minimum Gasteiger partial charge on any atom is -0.311 e. The lowest BCUT2D eigenvalue weighted by atomic mass is 10.0. The molecule has 0 aliphatic carbocycles. The number of para-hydroxylation sites is 4. The summed E-state index contributed by atoms with van der Waals surface area (Å²) in [7, 11) is 0. The van der Waals surface area contributed by atoms with Gasteiger partial charge < -0.3 is 13.7 Å². The van der Waals surface area contributed by atoms with E-state index in [1.165, 1.54) is 21.8 Å². The second kappa shape index (κ2) is 11.8. The van der Waals surface area contributed by atoms with Crippen molar-refractivity contribution in [3.8, 4) is 34.3 Å². The van der Waals surface area contributed by atoms with E-state index in [2.05, 4.69) is 170 Å². The minimum absolute atomic E-state index is 0.593. The summed E-state index contributed by atoms with van der Waals surface area (Å²) >= 11 is 0. The molecule has 0 fully saturated rings. The van der Waals surface area contributed by atoms with Gasteiger partial charge in [0.1, 0.15) is 6.07 Å². The van der Waals surface area contributed by atoms with E-state index < -0.39 is 0 Å². The number of nitriles is 1. The van der Waals surface area contributed by atoms with Crippen molar-refractivity contribution in [1.82, 2.24) is 13.7 Å². The molecule has 0 saturated carbocycles. The van der Waals surface area contributed by atoms with Crippen molar-refractivity contribution in [3.63, 3.8) is 0 Å². The van der Waals surface area contributed by atoms with Crippen molar-refractivity contribution in [2.75, 3.05) is 0 Å². The molecule has 11 aromatic rings. The first-order valence-corrected chi connectivity index (χ1v) is 18.3. The number of benzene rings is 8. The molecule has 0 N–H and O–H groups in total. The standard InChI is InChI=1S/C50H29N5/c1-52-42-18-11-23-49-50(42)40-17-5-9-22-47(40)54(49)35-13-10-12-32(29-35)33-24-26-43(34(28-33)31-51)55-46-21-8-4-16-39(46)41-30-36(25-27-48(41)55)53-44-19-6-2-14-37(44)38-15-3-7-20-45(38)53/h2-30H. The Balaban J connectivity index is 1.06. The second-order valence-corrected chi connectivity index (χ2v) is 14.0. The highest BCUT2D eigenvalue weighted by molar-refractivity contribution is 6.15. The number of nitrogens with zero attached hydrogens (tertiary/aromatic N) is 5. The van der Waals surface area contributed by atoms with Crippen molar-refractivity contribution in [1.29, 1.82) is 5.26 Å². The molecular formula is C50H29N5. The summed E-state index contributed by atoms with van der Waals surface area (Å²) < 4.78 is 6.81. The Labute approximate surface area is 316 Å². The molecule has 0 radical (unpaired) electrons. The van der Waals surface area contributed by atoms with Gasteiger partial charge in [0, 0.05) is 43.8 Å². The van der Waals surface area contributed by atoms with Crippen LogP contribution in [-0.2, 0) is 0 Å². The van der Waals surface area contributed by atoms with E-state index in [0.717, 1.165) is 71.8 Å². The van der Waals surface area contributed by atoms with Gasteiger partial charge in [-0.1, -0.05) is 103 Å². The van der Waals surface area contributed by atoms with E-state index >= 15 is 0 Å². The Kier molecular flexibility index (Phi) is 6.61. The van der Waals surface area contributed by atoms with Gasteiger partial charge in [-0.2, -0.15) is 5.26 Å². The fraction of sp³-hybridized carbons (Fsp3) is 0. The van der Waals surface area contributed by atoms with Crippen LogP contribution in [-0.4, -0.2) is 13.7 Å². The molecule has 0 amide bonds. The van der Waals surface area contributed by atoms with Crippen LogP contribution in [0.15, 0.2) is 176 Å². The highest BCUT2D eigenvalue weighted by Crippen LogP contribution is 2.40. The summed E-state index contributed by atoms with van der Waals surface area (Å²) in [6.45, 7) is 7.84. The molecule has 8 aromatic carbocycles. The lowest BCUT2D eigenvalue weighted by Crippen LogP contribution is -1.99. The van der Waals surface area contributed by atoms with Crippen molar-refractivity contribution in [3.05, 3.63) is 193 Å². The summed E-state index contributed by atoms with van der Waals surface area (Å²) in [6.07, 6.45) is 0. The molecule has 3 aromatic heterocycles. The molecule has 254 valence electrons. The first kappa shape index (κ1) is 30.7. The maximum atomic E-state index is 10.7. The summed E-state index contributed by atoms with van der Waals surface area (Å²) in [6, 6.07) is 63.6. The number of aromatic nitrogens is 3. The molecule has 5 nitrogen and oxygen atoms in total. The second-order valence-electron chi connectivity index (χ2n) is 14.0. The first-order valence-electron chi connectivity index (χ1n) is 18.3. The third-order valence-electron chi connectivity index (χ3n) is 11.1. The predicted octanol–water partition coefficient (Wildman–Crippen LogP) is 13.1. The Bertz CT molecular complexity index is 3420. The van der Waals surface area contributed by atoms with Crippen LogP contribution >= 0.6 is 0 Å². The summed E-state index contributed by atoms with van der Waals surface area (Å²) in [5, 5.41) is 17.4. The van der Waals surface area contributed by atoms with Crippen LogP contribution in [0.4, 0.5) is 5.69 Å². The van der Waals surface area contributed by atoms with Crippen LogP contribution in [0.5, 0.6) is 0 Å². The maximum absolute atomic E-state index is 10.7. The van der Waals surface area contributed by atoms with Crippen LogP contribution < -0.4 is 0 Å². The summed E-state index contributed by atoms with van der Waals surface area (Å²) in [5.74, 6) is 0. The third kappa shape index (κ3) is 4.45. The topological polar surface area (TPSA) is 42.9 Å². The number of rotatable bonds is 4. The van der Waals surface area contributed by atoms with Gasteiger partial charge in [0.2, 0.25) is 0 Å². The summed E-state index contributed by atoms with van der Waals surface area (Å²) in [5.41, 5.74) is 12.6. The molecule has 3 heterocycles. The normalized spacial score (nSPS) is 11.6. The van der Waals surface area contributed by atoms with Gasteiger partial charge in [0.15, 0.2) is 5.69 Å². The molecular weight excluding hydrogens is 671 g/mol. The van der Waals surface area contributed by atoms with Gasteiger partial charge in [0.05, 0.1) is 45.4 Å². The van der Waals surface area contributed by atoms with Crippen molar-refractivity contribution in [2.45, 2.75) is 0 Å². The fourth-order valence-corrected chi connectivity index (χ4v) is 8.76. The zero-order valence-electron chi connectivity index (χ0n) is 29.5. The molecule has 11 rings (SSSR count). The molecule has 0 saturated heterocycles. The number of hydrogen-bond donors (Lipinski definition) is 0. The third-order valence-corrected chi connectivity index (χ3v) is 11.1. The van der Waals surface area contributed by atoms with E-state index in [4.69, 9.17) is 6.57 Å². The quantitative estimate of drug-likeness (QED) is 0.169.